The molecule has 1 spiro atoms. The first-order valence-electron chi connectivity index (χ1n) is 13.5. The fraction of sp³-hybridized carbons (Fsp3) is 0.621. The average Bonchev–Trinajstić information content (AvgIpc) is 3.80. The molecule has 1 N–H and O–H groups in total. The number of carbonyl (C=O) groups excluding carboxylic acids is 3. The van der Waals surface area contributed by atoms with Crippen LogP contribution < -0.4 is 10.2 Å². The molecule has 1 aliphatic carbocycles. The van der Waals surface area contributed by atoms with E-state index < -0.39 is 12.2 Å². The minimum absolute atomic E-state index is 0.0325. The number of imide groups is 1. The van der Waals surface area contributed by atoms with Gasteiger partial charge < -0.3 is 24.3 Å². The lowest BCUT2D eigenvalue weighted by Gasteiger charge is -2.42. The fourth-order valence-electron chi connectivity index (χ4n) is 6.23. The minimum Gasteiger partial charge on any atom is -0.443 e. The summed E-state index contributed by atoms with van der Waals surface area (Å²) >= 11 is 0. The number of amides is 3. The van der Waals surface area contributed by atoms with Gasteiger partial charge in [0, 0.05) is 26.5 Å². The van der Waals surface area contributed by atoms with Crippen LogP contribution in [0.2, 0.25) is 0 Å². The molecule has 9 nitrogen and oxygen atoms in total. The van der Waals surface area contributed by atoms with Gasteiger partial charge in [-0.05, 0) is 64.2 Å². The van der Waals surface area contributed by atoms with E-state index in [0.717, 1.165) is 18.4 Å². The van der Waals surface area contributed by atoms with Gasteiger partial charge in [0.05, 0.1) is 24.3 Å². The maximum absolute atomic E-state index is 12.8. The van der Waals surface area contributed by atoms with E-state index in [9.17, 15) is 14.4 Å². The van der Waals surface area contributed by atoms with Gasteiger partial charge in [0.15, 0.2) is 0 Å². The fourth-order valence-corrected chi connectivity index (χ4v) is 6.23. The summed E-state index contributed by atoms with van der Waals surface area (Å²) < 4.78 is 24.0. The van der Waals surface area contributed by atoms with Crippen molar-refractivity contribution in [2.24, 2.45) is 5.92 Å². The number of ether oxygens (including phenoxy) is 4. The van der Waals surface area contributed by atoms with Crippen LogP contribution in [-0.4, -0.2) is 61.1 Å². The Kier molecular flexibility index (Phi) is 7.37. The Hall–Kier alpha value is -2.75. The van der Waals surface area contributed by atoms with Crippen LogP contribution in [-0.2, 0) is 35.1 Å². The lowest BCUT2D eigenvalue weighted by Crippen LogP contribution is -2.56. The molecule has 6 atom stereocenters. The Morgan fingerprint density at radius 2 is 1.87 bits per heavy atom. The van der Waals surface area contributed by atoms with Gasteiger partial charge in [0.1, 0.15) is 23.4 Å². The number of rotatable bonds is 8. The number of allylic oxidation sites excluding steroid dienone is 1. The number of hydrogen-bond acceptors (Lipinski definition) is 7. The van der Waals surface area contributed by atoms with Crippen molar-refractivity contribution in [3.05, 3.63) is 41.5 Å². The van der Waals surface area contributed by atoms with Crippen molar-refractivity contribution in [1.82, 2.24) is 5.32 Å². The molecule has 3 heterocycles. The number of benzene rings is 1. The van der Waals surface area contributed by atoms with E-state index in [2.05, 4.69) is 32.2 Å². The number of piperidine rings is 1. The summed E-state index contributed by atoms with van der Waals surface area (Å²) in [6.45, 7) is 7.21. The Morgan fingerprint density at radius 1 is 1.18 bits per heavy atom. The summed E-state index contributed by atoms with van der Waals surface area (Å²) in [7, 11) is 1.66. The first-order chi connectivity index (χ1) is 18.2. The molecule has 3 aliphatic heterocycles. The molecule has 5 rings (SSSR count). The molecule has 1 saturated carbocycles. The number of methoxy groups -OCH3 is 1. The Balaban J connectivity index is 1.18. The SMILES string of the molecule is CO[C@@H]1[C@H](OC(=O)NCc2ccc(N3C(=O)CCCC3=O)cc2)CCC2(CO2)[C@H]1[C@]1(C)OC1CC=C(C)C. The highest BCUT2D eigenvalue weighted by molar-refractivity contribution is 6.16. The average molecular weight is 527 g/mol. The smallest absolute Gasteiger partial charge is 0.407 e. The molecular formula is C29H38N2O7. The van der Waals surface area contributed by atoms with Gasteiger partial charge in [-0.3, -0.25) is 14.5 Å². The van der Waals surface area contributed by atoms with Gasteiger partial charge in [-0.15, -0.1) is 0 Å². The van der Waals surface area contributed by atoms with Crippen LogP contribution in [0.1, 0.15) is 64.9 Å². The highest BCUT2D eigenvalue weighted by Gasteiger charge is 2.72. The number of carbonyl (C=O) groups is 3. The molecule has 1 aromatic rings. The number of anilines is 1. The Morgan fingerprint density at radius 3 is 2.47 bits per heavy atom. The predicted molar refractivity (Wildman–Crippen MR) is 139 cm³/mol. The number of alkyl carbamates (subject to hydrolysis) is 1. The zero-order valence-corrected chi connectivity index (χ0v) is 22.7. The van der Waals surface area contributed by atoms with Gasteiger partial charge in [-0.25, -0.2) is 4.79 Å². The summed E-state index contributed by atoms with van der Waals surface area (Å²) in [5, 5.41) is 2.82. The largest absolute Gasteiger partial charge is 0.443 e. The van der Waals surface area contributed by atoms with Crippen molar-refractivity contribution in [3.8, 4) is 0 Å². The molecule has 3 saturated heterocycles. The second-order valence-electron chi connectivity index (χ2n) is 11.3. The third kappa shape index (κ3) is 5.24. The number of nitrogens with one attached hydrogen (secondary N) is 1. The summed E-state index contributed by atoms with van der Waals surface area (Å²) in [6, 6.07) is 7.05. The van der Waals surface area contributed by atoms with Gasteiger partial charge in [-0.1, -0.05) is 23.8 Å². The first kappa shape index (κ1) is 26.8. The monoisotopic (exact) mass is 526 g/mol. The third-order valence-electron chi connectivity index (χ3n) is 8.41. The summed E-state index contributed by atoms with van der Waals surface area (Å²) in [5.74, 6) is -0.391. The third-order valence-corrected chi connectivity index (χ3v) is 8.41. The van der Waals surface area contributed by atoms with E-state index in [1.54, 1.807) is 31.4 Å². The van der Waals surface area contributed by atoms with E-state index in [-0.39, 0.29) is 47.7 Å². The molecule has 0 aromatic heterocycles. The first-order valence-corrected chi connectivity index (χ1v) is 13.5. The molecule has 2 unspecified atom stereocenters. The van der Waals surface area contributed by atoms with Gasteiger partial charge >= 0.3 is 6.09 Å². The molecule has 9 heteroatoms. The van der Waals surface area contributed by atoms with Crippen LogP contribution in [0.3, 0.4) is 0 Å². The lowest BCUT2D eigenvalue weighted by molar-refractivity contribution is -0.129. The summed E-state index contributed by atoms with van der Waals surface area (Å²) in [6.07, 6.45) is 4.65. The topological polar surface area (TPSA) is 110 Å². The van der Waals surface area contributed by atoms with Gasteiger partial charge in [0.2, 0.25) is 11.8 Å². The van der Waals surface area contributed by atoms with Crippen molar-refractivity contribution in [1.29, 1.82) is 0 Å². The van der Waals surface area contributed by atoms with Gasteiger partial charge in [0.25, 0.3) is 0 Å². The van der Waals surface area contributed by atoms with E-state index in [4.69, 9.17) is 18.9 Å². The molecular weight excluding hydrogens is 488 g/mol. The van der Waals surface area contributed by atoms with E-state index in [1.807, 2.05) is 0 Å². The number of hydrogen-bond donors (Lipinski definition) is 1. The van der Waals surface area contributed by atoms with Crippen molar-refractivity contribution >= 4 is 23.6 Å². The van der Waals surface area contributed by atoms with E-state index >= 15 is 0 Å². The molecule has 0 radical (unpaired) electrons. The standard InChI is InChI=1S/C29H38N2O7/c1-18(2)8-13-22-28(3,38-22)26-25(35-4)21(14-15-29(26)17-36-29)37-27(34)30-16-19-9-11-20(12-10-19)31-23(32)6-5-7-24(31)33/h8-12,21-22,25-26H,5-7,13-17H2,1-4H3,(H,30,34)/t21-,22?,25-,26-,28-,29?/m1/s1. The molecule has 38 heavy (non-hydrogen) atoms. The normalized spacial score (nSPS) is 34.2. The van der Waals surface area contributed by atoms with Crippen LogP contribution >= 0.6 is 0 Å². The van der Waals surface area contributed by atoms with Crippen LogP contribution in [0.5, 0.6) is 0 Å². The molecule has 4 fully saturated rings. The van der Waals surface area contributed by atoms with Crippen molar-refractivity contribution in [2.45, 2.75) is 95.4 Å². The predicted octanol–water partition coefficient (Wildman–Crippen LogP) is 4.03. The molecule has 206 valence electrons. The second-order valence-corrected chi connectivity index (χ2v) is 11.3. The van der Waals surface area contributed by atoms with Crippen molar-refractivity contribution in [3.63, 3.8) is 0 Å². The Bertz CT molecular complexity index is 1090. The maximum Gasteiger partial charge on any atom is 0.407 e. The molecule has 4 aliphatic rings. The van der Waals surface area contributed by atoms with Crippen LogP contribution in [0.4, 0.5) is 10.5 Å². The van der Waals surface area contributed by atoms with E-state index in [0.29, 0.717) is 38.0 Å². The zero-order valence-electron chi connectivity index (χ0n) is 22.7. The molecule has 1 aromatic carbocycles. The summed E-state index contributed by atoms with van der Waals surface area (Å²) in [4.78, 5) is 38.3. The highest BCUT2D eigenvalue weighted by Crippen LogP contribution is 2.59. The van der Waals surface area contributed by atoms with Gasteiger partial charge in [-0.2, -0.15) is 0 Å². The zero-order chi connectivity index (χ0) is 27.1. The number of nitrogens with zero attached hydrogens (tertiary/aromatic N) is 1. The van der Waals surface area contributed by atoms with Crippen LogP contribution in [0.15, 0.2) is 35.9 Å². The minimum atomic E-state index is -0.517. The number of epoxide rings is 2. The molecule has 0 bridgehead atoms. The van der Waals surface area contributed by atoms with Crippen molar-refractivity contribution in [2.75, 3.05) is 18.6 Å². The second kappa shape index (κ2) is 10.4. The summed E-state index contributed by atoms with van der Waals surface area (Å²) in [5.41, 5.74) is 1.98. The highest BCUT2D eigenvalue weighted by atomic mass is 16.6. The molecule has 3 amide bonds. The quantitative estimate of drug-likeness (QED) is 0.309. The van der Waals surface area contributed by atoms with E-state index in [1.165, 1.54) is 10.5 Å². The maximum atomic E-state index is 12.8. The van der Waals surface area contributed by atoms with Crippen LogP contribution in [0.25, 0.3) is 0 Å². The lowest BCUT2D eigenvalue weighted by atomic mass is 9.68. The van der Waals surface area contributed by atoms with Crippen molar-refractivity contribution < 1.29 is 33.3 Å². The Labute approximate surface area is 223 Å². The van der Waals surface area contributed by atoms with Crippen LogP contribution in [0, 0.1) is 5.92 Å².